The van der Waals surface area contributed by atoms with E-state index in [1.807, 2.05) is 19.1 Å². The van der Waals surface area contributed by atoms with Crippen LogP contribution in [-0.2, 0) is 0 Å². The molecule has 0 bridgehead atoms. The first-order valence-electron chi connectivity index (χ1n) is 5.79. The molecule has 0 atom stereocenters. The Labute approximate surface area is 106 Å². The molecule has 1 N–H and O–H groups in total. The third kappa shape index (κ3) is 3.45. The van der Waals surface area contributed by atoms with Gasteiger partial charge in [0, 0.05) is 18.4 Å². The standard InChI is InChI=1S/C14H15FN2O/c1-11-14(3-2-8-16-11)18-10-9-17-13-6-4-12(15)5-7-13/h2-8,17H,9-10H2,1H3. The van der Waals surface area contributed by atoms with Gasteiger partial charge in [-0.1, -0.05) is 0 Å². The molecular formula is C14H15FN2O. The maximum absolute atomic E-state index is 12.7. The number of halogens is 1. The number of rotatable bonds is 5. The van der Waals surface area contributed by atoms with Crippen LogP contribution in [0.4, 0.5) is 10.1 Å². The molecule has 0 spiro atoms. The first-order chi connectivity index (χ1) is 8.75. The molecule has 18 heavy (non-hydrogen) atoms. The molecule has 2 aromatic rings. The van der Waals surface area contributed by atoms with Crippen molar-refractivity contribution < 1.29 is 9.13 Å². The maximum Gasteiger partial charge on any atom is 0.140 e. The minimum Gasteiger partial charge on any atom is -0.490 e. The molecule has 0 saturated carbocycles. The molecule has 0 aliphatic rings. The second-order valence-corrected chi connectivity index (χ2v) is 3.87. The average molecular weight is 246 g/mol. The van der Waals surface area contributed by atoms with E-state index in [-0.39, 0.29) is 5.82 Å². The van der Waals surface area contributed by atoms with Crippen molar-refractivity contribution in [2.45, 2.75) is 6.92 Å². The fourth-order valence-corrected chi connectivity index (χ4v) is 1.55. The van der Waals surface area contributed by atoms with Crippen molar-refractivity contribution >= 4 is 5.69 Å². The average Bonchev–Trinajstić information content (AvgIpc) is 2.39. The number of ether oxygens (including phenoxy) is 1. The first kappa shape index (κ1) is 12.4. The number of hydrogen-bond donors (Lipinski definition) is 1. The summed E-state index contributed by atoms with van der Waals surface area (Å²) in [6.45, 7) is 3.09. The number of anilines is 1. The lowest BCUT2D eigenvalue weighted by atomic mass is 10.3. The van der Waals surface area contributed by atoms with Crippen molar-refractivity contribution in [2.75, 3.05) is 18.5 Å². The molecule has 0 saturated heterocycles. The van der Waals surface area contributed by atoms with E-state index >= 15 is 0 Å². The van der Waals surface area contributed by atoms with Crippen molar-refractivity contribution in [2.24, 2.45) is 0 Å². The van der Waals surface area contributed by atoms with Crippen LogP contribution in [0, 0.1) is 12.7 Å². The molecule has 0 aliphatic heterocycles. The molecule has 94 valence electrons. The van der Waals surface area contributed by atoms with Gasteiger partial charge in [0.1, 0.15) is 18.2 Å². The van der Waals surface area contributed by atoms with E-state index in [1.54, 1.807) is 18.3 Å². The number of benzene rings is 1. The predicted octanol–water partition coefficient (Wildman–Crippen LogP) is 3.02. The monoisotopic (exact) mass is 246 g/mol. The summed E-state index contributed by atoms with van der Waals surface area (Å²) in [4.78, 5) is 4.14. The van der Waals surface area contributed by atoms with Gasteiger partial charge in [-0.15, -0.1) is 0 Å². The van der Waals surface area contributed by atoms with Crippen molar-refractivity contribution in [1.29, 1.82) is 0 Å². The molecule has 0 aliphatic carbocycles. The van der Waals surface area contributed by atoms with E-state index in [9.17, 15) is 4.39 Å². The summed E-state index contributed by atoms with van der Waals surface area (Å²) in [6, 6.07) is 9.98. The molecule has 0 amide bonds. The van der Waals surface area contributed by atoms with E-state index in [0.717, 1.165) is 17.1 Å². The summed E-state index contributed by atoms with van der Waals surface area (Å²) in [6.07, 6.45) is 1.74. The van der Waals surface area contributed by atoms with Crippen molar-refractivity contribution in [1.82, 2.24) is 4.98 Å². The van der Waals surface area contributed by atoms with Gasteiger partial charge in [-0.05, 0) is 43.3 Å². The van der Waals surface area contributed by atoms with Gasteiger partial charge in [-0.25, -0.2) is 4.39 Å². The Bertz CT molecular complexity index is 499. The summed E-state index contributed by atoms with van der Waals surface area (Å²) in [7, 11) is 0. The Hall–Kier alpha value is -2.10. The van der Waals surface area contributed by atoms with E-state index < -0.39 is 0 Å². The molecule has 3 nitrogen and oxygen atoms in total. The Morgan fingerprint density at radius 2 is 2.00 bits per heavy atom. The maximum atomic E-state index is 12.7. The normalized spacial score (nSPS) is 10.1. The SMILES string of the molecule is Cc1ncccc1OCCNc1ccc(F)cc1. The van der Waals surface area contributed by atoms with Crippen LogP contribution in [0.1, 0.15) is 5.69 Å². The Morgan fingerprint density at radius 3 is 2.72 bits per heavy atom. The molecular weight excluding hydrogens is 231 g/mol. The zero-order valence-corrected chi connectivity index (χ0v) is 10.2. The third-order valence-electron chi connectivity index (χ3n) is 2.49. The predicted molar refractivity (Wildman–Crippen MR) is 69.4 cm³/mol. The summed E-state index contributed by atoms with van der Waals surface area (Å²) >= 11 is 0. The van der Waals surface area contributed by atoms with Gasteiger partial charge in [0.05, 0.1) is 5.69 Å². The van der Waals surface area contributed by atoms with Crippen LogP contribution in [0.5, 0.6) is 5.75 Å². The largest absolute Gasteiger partial charge is 0.490 e. The third-order valence-corrected chi connectivity index (χ3v) is 2.49. The van der Waals surface area contributed by atoms with E-state index in [4.69, 9.17) is 4.74 Å². The Balaban J connectivity index is 1.76. The number of aromatic nitrogens is 1. The molecule has 0 fully saturated rings. The van der Waals surface area contributed by atoms with Crippen LogP contribution in [-0.4, -0.2) is 18.1 Å². The molecule has 2 rings (SSSR count). The van der Waals surface area contributed by atoms with Gasteiger partial charge < -0.3 is 10.1 Å². The lowest BCUT2D eigenvalue weighted by molar-refractivity contribution is 0.329. The molecule has 0 radical (unpaired) electrons. The van der Waals surface area contributed by atoms with Gasteiger partial charge in [-0.3, -0.25) is 4.98 Å². The number of aryl methyl sites for hydroxylation is 1. The quantitative estimate of drug-likeness (QED) is 0.823. The lowest BCUT2D eigenvalue weighted by Gasteiger charge is -2.09. The summed E-state index contributed by atoms with van der Waals surface area (Å²) < 4.78 is 18.3. The number of nitrogens with one attached hydrogen (secondary N) is 1. The van der Waals surface area contributed by atoms with Crippen molar-refractivity contribution in [3.63, 3.8) is 0 Å². The topological polar surface area (TPSA) is 34.1 Å². The van der Waals surface area contributed by atoms with Gasteiger partial charge >= 0.3 is 0 Å². The minimum absolute atomic E-state index is 0.234. The lowest BCUT2D eigenvalue weighted by Crippen LogP contribution is -2.12. The molecule has 1 aromatic heterocycles. The Morgan fingerprint density at radius 1 is 1.22 bits per heavy atom. The van der Waals surface area contributed by atoms with Gasteiger partial charge in [0.2, 0.25) is 0 Å². The first-order valence-corrected chi connectivity index (χ1v) is 5.79. The van der Waals surface area contributed by atoms with Gasteiger partial charge in [0.25, 0.3) is 0 Å². The summed E-state index contributed by atoms with van der Waals surface area (Å²) in [5.41, 5.74) is 1.75. The van der Waals surface area contributed by atoms with Crippen molar-refractivity contribution in [3.05, 3.63) is 54.1 Å². The highest BCUT2D eigenvalue weighted by atomic mass is 19.1. The number of hydrogen-bond acceptors (Lipinski definition) is 3. The zero-order chi connectivity index (χ0) is 12.8. The number of nitrogens with zero attached hydrogens (tertiary/aromatic N) is 1. The van der Waals surface area contributed by atoms with E-state index in [0.29, 0.717) is 13.2 Å². The van der Waals surface area contributed by atoms with Crippen LogP contribution in [0.15, 0.2) is 42.6 Å². The van der Waals surface area contributed by atoms with Crippen LogP contribution >= 0.6 is 0 Å². The van der Waals surface area contributed by atoms with Gasteiger partial charge in [0.15, 0.2) is 0 Å². The van der Waals surface area contributed by atoms with E-state index in [2.05, 4.69) is 10.3 Å². The van der Waals surface area contributed by atoms with E-state index in [1.165, 1.54) is 12.1 Å². The van der Waals surface area contributed by atoms with Gasteiger partial charge in [-0.2, -0.15) is 0 Å². The molecule has 0 unspecified atom stereocenters. The van der Waals surface area contributed by atoms with Crippen LogP contribution in [0.2, 0.25) is 0 Å². The zero-order valence-electron chi connectivity index (χ0n) is 10.2. The van der Waals surface area contributed by atoms with Crippen LogP contribution < -0.4 is 10.1 Å². The molecule has 4 heteroatoms. The summed E-state index contributed by atoms with van der Waals surface area (Å²) in [5, 5.41) is 3.15. The van der Waals surface area contributed by atoms with Crippen LogP contribution in [0.3, 0.4) is 0 Å². The van der Waals surface area contributed by atoms with Crippen molar-refractivity contribution in [3.8, 4) is 5.75 Å². The minimum atomic E-state index is -0.234. The second kappa shape index (κ2) is 6.00. The number of pyridine rings is 1. The highest BCUT2D eigenvalue weighted by molar-refractivity contribution is 5.42. The Kier molecular flexibility index (Phi) is 4.12. The fraction of sp³-hybridized carbons (Fsp3) is 0.214. The molecule has 1 heterocycles. The molecule has 1 aromatic carbocycles. The summed E-state index contributed by atoms with van der Waals surface area (Å²) in [5.74, 6) is 0.557. The fourth-order valence-electron chi connectivity index (χ4n) is 1.55. The highest BCUT2D eigenvalue weighted by Gasteiger charge is 1.98. The highest BCUT2D eigenvalue weighted by Crippen LogP contribution is 2.13. The smallest absolute Gasteiger partial charge is 0.140 e. The van der Waals surface area contributed by atoms with Crippen LogP contribution in [0.25, 0.3) is 0 Å². The second-order valence-electron chi connectivity index (χ2n) is 3.87.